The number of carbonyl (C=O) groups is 1. The molecule has 1 fully saturated rings. The minimum absolute atomic E-state index is 0.372. The number of aryl methyl sites for hydroxylation is 1. The quantitative estimate of drug-likeness (QED) is 0.568. The Hall–Kier alpha value is -2.65. The molecule has 5 atom stereocenters. The molecule has 0 bridgehead atoms. The maximum atomic E-state index is 11.2. The number of para-hydroxylation sites is 1. The Bertz CT molecular complexity index is 853. The van der Waals surface area contributed by atoms with Crippen LogP contribution >= 0.6 is 0 Å². The molecule has 3 N–H and O–H groups in total. The Labute approximate surface area is 180 Å². The molecule has 3 rings (SSSR count). The zero-order valence-corrected chi connectivity index (χ0v) is 17.5. The summed E-state index contributed by atoms with van der Waals surface area (Å²) < 4.78 is 20.7. The van der Waals surface area contributed by atoms with Crippen LogP contribution in [0, 0.1) is 0 Å². The molecule has 31 heavy (non-hydrogen) atoms. The molecule has 0 radical (unpaired) electrons. The van der Waals surface area contributed by atoms with E-state index in [2.05, 4.69) is 35.9 Å². The van der Waals surface area contributed by atoms with Crippen LogP contribution in [-0.4, -0.2) is 65.9 Å². The van der Waals surface area contributed by atoms with E-state index in [1.807, 2.05) is 12.1 Å². The number of methoxy groups -OCH3 is 1. The second-order valence-corrected chi connectivity index (χ2v) is 7.35. The summed E-state index contributed by atoms with van der Waals surface area (Å²) in [5.41, 5.74) is 3.21. The van der Waals surface area contributed by atoms with Crippen LogP contribution in [0.25, 0.3) is 0 Å². The van der Waals surface area contributed by atoms with E-state index in [1.165, 1.54) is 5.56 Å². The lowest BCUT2D eigenvalue weighted by Gasteiger charge is -2.40. The Morgan fingerprint density at radius 1 is 0.968 bits per heavy atom. The zero-order chi connectivity index (χ0) is 22.4. The van der Waals surface area contributed by atoms with Crippen LogP contribution in [0.1, 0.15) is 23.6 Å². The highest BCUT2D eigenvalue weighted by atomic mass is 16.7. The fourth-order valence-electron chi connectivity index (χ4n) is 3.36. The van der Waals surface area contributed by atoms with Crippen LogP contribution in [0.15, 0.2) is 48.5 Å². The largest absolute Gasteiger partial charge is 0.508 e. The molecular formula is C23H28O8. The third kappa shape index (κ3) is 5.74. The van der Waals surface area contributed by atoms with Gasteiger partial charge in [0.05, 0.1) is 7.11 Å². The summed E-state index contributed by atoms with van der Waals surface area (Å²) in [5, 5.41) is 30.7. The number of benzene rings is 2. The van der Waals surface area contributed by atoms with Gasteiger partial charge in [-0.1, -0.05) is 49.4 Å². The fourth-order valence-corrected chi connectivity index (χ4v) is 3.36. The van der Waals surface area contributed by atoms with Gasteiger partial charge in [0.1, 0.15) is 36.8 Å². The number of aliphatic hydroxyl groups is 3. The molecule has 0 spiro atoms. The van der Waals surface area contributed by atoms with E-state index in [9.17, 15) is 20.1 Å². The summed E-state index contributed by atoms with van der Waals surface area (Å²) in [6, 6.07) is 15.6. The molecule has 0 unspecified atom stereocenters. The van der Waals surface area contributed by atoms with Crippen molar-refractivity contribution in [1.82, 2.24) is 0 Å². The maximum absolute atomic E-state index is 11.2. The van der Waals surface area contributed by atoms with Crippen molar-refractivity contribution in [2.75, 3.05) is 13.7 Å². The van der Waals surface area contributed by atoms with Gasteiger partial charge in [-0.2, -0.15) is 0 Å². The lowest BCUT2D eigenvalue weighted by Crippen LogP contribution is -2.60. The highest BCUT2D eigenvalue weighted by Crippen LogP contribution is 2.28. The zero-order valence-electron chi connectivity index (χ0n) is 17.5. The number of hydrogen-bond acceptors (Lipinski definition) is 8. The number of ether oxygens (including phenoxy) is 4. The van der Waals surface area contributed by atoms with Gasteiger partial charge < -0.3 is 34.3 Å². The third-order valence-electron chi connectivity index (χ3n) is 5.24. The van der Waals surface area contributed by atoms with Crippen LogP contribution in [0.2, 0.25) is 0 Å². The van der Waals surface area contributed by atoms with Crippen LogP contribution in [0.5, 0.6) is 5.75 Å². The van der Waals surface area contributed by atoms with Gasteiger partial charge >= 0.3 is 6.16 Å². The maximum Gasteiger partial charge on any atom is 0.508 e. The number of carbonyl (C=O) groups excluding carboxylic acids is 1. The van der Waals surface area contributed by atoms with Crippen LogP contribution in [-0.2, 0) is 27.1 Å². The van der Waals surface area contributed by atoms with Gasteiger partial charge in [-0.25, -0.2) is 4.79 Å². The predicted molar refractivity (Wildman–Crippen MR) is 111 cm³/mol. The topological polar surface area (TPSA) is 115 Å². The van der Waals surface area contributed by atoms with E-state index >= 15 is 0 Å². The molecule has 1 aliphatic rings. The SMILES string of the molecule is CCc1ccc(Cc2ccccc2O[C@@H]2O[C@H](COC(=O)OC)[C@@H](O)[C@H](O)[C@H]2O)cc1. The monoisotopic (exact) mass is 432 g/mol. The van der Waals surface area contributed by atoms with E-state index in [1.54, 1.807) is 12.1 Å². The van der Waals surface area contributed by atoms with Crippen molar-refractivity contribution in [3.8, 4) is 5.75 Å². The van der Waals surface area contributed by atoms with E-state index in [4.69, 9.17) is 14.2 Å². The van der Waals surface area contributed by atoms with Crippen molar-refractivity contribution >= 4 is 6.16 Å². The summed E-state index contributed by atoms with van der Waals surface area (Å²) in [6.07, 6.45) is -6.26. The Morgan fingerprint density at radius 3 is 2.32 bits per heavy atom. The lowest BCUT2D eigenvalue weighted by molar-refractivity contribution is -0.277. The summed E-state index contributed by atoms with van der Waals surface area (Å²) in [4.78, 5) is 11.2. The van der Waals surface area contributed by atoms with Crippen LogP contribution < -0.4 is 4.74 Å². The van der Waals surface area contributed by atoms with E-state index in [0.29, 0.717) is 12.2 Å². The Morgan fingerprint density at radius 2 is 1.65 bits per heavy atom. The number of aliphatic hydroxyl groups excluding tert-OH is 3. The molecule has 0 amide bonds. The highest BCUT2D eigenvalue weighted by molar-refractivity contribution is 5.59. The lowest BCUT2D eigenvalue weighted by atomic mass is 9.99. The Kier molecular flexibility index (Phi) is 7.86. The van der Waals surface area contributed by atoms with Gasteiger partial charge in [-0.05, 0) is 29.2 Å². The van der Waals surface area contributed by atoms with E-state index < -0.39 is 36.9 Å². The van der Waals surface area contributed by atoms with Crippen molar-refractivity contribution in [3.05, 3.63) is 65.2 Å². The van der Waals surface area contributed by atoms with Crippen LogP contribution in [0.3, 0.4) is 0 Å². The Balaban J connectivity index is 1.73. The van der Waals surface area contributed by atoms with E-state index in [0.717, 1.165) is 24.7 Å². The first kappa shape index (κ1) is 23.0. The van der Waals surface area contributed by atoms with Crippen molar-refractivity contribution in [1.29, 1.82) is 0 Å². The number of hydrogen-bond donors (Lipinski definition) is 3. The molecule has 168 valence electrons. The smallest absolute Gasteiger partial charge is 0.462 e. The summed E-state index contributed by atoms with van der Waals surface area (Å²) in [6.45, 7) is 1.73. The molecule has 8 heteroatoms. The average molecular weight is 432 g/mol. The van der Waals surface area contributed by atoms with Gasteiger partial charge in [0.15, 0.2) is 0 Å². The predicted octanol–water partition coefficient (Wildman–Crippen LogP) is 1.81. The molecule has 0 aliphatic carbocycles. The van der Waals surface area contributed by atoms with Gasteiger partial charge in [0, 0.05) is 6.42 Å². The molecule has 2 aromatic carbocycles. The average Bonchev–Trinajstić information content (AvgIpc) is 2.80. The second-order valence-electron chi connectivity index (χ2n) is 7.35. The molecule has 0 aromatic heterocycles. The fraction of sp³-hybridized carbons (Fsp3) is 0.435. The summed E-state index contributed by atoms with van der Waals surface area (Å²) in [5.74, 6) is 0.474. The molecule has 1 saturated heterocycles. The highest BCUT2D eigenvalue weighted by Gasteiger charge is 2.45. The summed E-state index contributed by atoms with van der Waals surface area (Å²) in [7, 11) is 1.15. The van der Waals surface area contributed by atoms with Crippen molar-refractivity contribution in [3.63, 3.8) is 0 Å². The molecular weight excluding hydrogens is 404 g/mol. The van der Waals surface area contributed by atoms with Crippen molar-refractivity contribution in [2.24, 2.45) is 0 Å². The first-order valence-corrected chi connectivity index (χ1v) is 10.2. The molecule has 1 heterocycles. The molecule has 1 aliphatic heterocycles. The first-order chi connectivity index (χ1) is 14.9. The molecule has 0 saturated carbocycles. The third-order valence-corrected chi connectivity index (χ3v) is 5.24. The molecule has 2 aromatic rings. The van der Waals surface area contributed by atoms with Crippen molar-refractivity contribution in [2.45, 2.75) is 50.5 Å². The normalized spacial score (nSPS) is 25.6. The second kappa shape index (κ2) is 10.6. The van der Waals surface area contributed by atoms with Crippen molar-refractivity contribution < 1.29 is 39.1 Å². The van der Waals surface area contributed by atoms with Gasteiger partial charge in [0.2, 0.25) is 6.29 Å². The van der Waals surface area contributed by atoms with Crippen LogP contribution in [0.4, 0.5) is 4.79 Å². The van der Waals surface area contributed by atoms with E-state index in [-0.39, 0.29) is 6.61 Å². The minimum atomic E-state index is -1.54. The standard InChI is InChI=1S/C23H28O8/c1-3-14-8-10-15(11-9-14)12-16-6-4-5-7-17(16)30-22-21(26)20(25)19(24)18(31-22)13-29-23(27)28-2/h4-11,18-22,24-26H,3,12-13H2,1-2H3/t18-,19-,20+,21-,22-/m1/s1. The van der Waals surface area contributed by atoms with Gasteiger partial charge in [-0.15, -0.1) is 0 Å². The molecule has 8 nitrogen and oxygen atoms in total. The van der Waals surface area contributed by atoms with Gasteiger partial charge in [0.25, 0.3) is 0 Å². The minimum Gasteiger partial charge on any atom is -0.462 e. The van der Waals surface area contributed by atoms with Gasteiger partial charge in [-0.3, -0.25) is 0 Å². The summed E-state index contributed by atoms with van der Waals surface area (Å²) >= 11 is 0. The first-order valence-electron chi connectivity index (χ1n) is 10.2. The number of rotatable bonds is 7.